The molecule has 6 nitrogen and oxygen atoms in total. The van der Waals surface area contributed by atoms with E-state index in [-0.39, 0.29) is 12.7 Å². The zero-order valence-corrected chi connectivity index (χ0v) is 11.5. The van der Waals surface area contributed by atoms with Gasteiger partial charge in [0.1, 0.15) is 11.5 Å². The smallest absolute Gasteiger partial charge is 0.261 e. The standard InChI is InChI=1S/C15H15NO5/c1-10(15(17)16-8-12-3-2-6-18-12)21-11-4-5-13-14(7-11)20-9-19-13/h2-7,10H,8-9H2,1H3,(H,16,17)/t10-/m0/s1. The fraction of sp³-hybridized carbons (Fsp3) is 0.267. The summed E-state index contributed by atoms with van der Waals surface area (Å²) >= 11 is 0. The van der Waals surface area contributed by atoms with Crippen LogP contribution in [0.25, 0.3) is 0 Å². The van der Waals surface area contributed by atoms with E-state index in [0.29, 0.717) is 29.6 Å². The van der Waals surface area contributed by atoms with Crippen molar-refractivity contribution in [2.45, 2.75) is 19.6 Å². The molecule has 0 radical (unpaired) electrons. The molecule has 110 valence electrons. The molecule has 21 heavy (non-hydrogen) atoms. The minimum Gasteiger partial charge on any atom is -0.481 e. The quantitative estimate of drug-likeness (QED) is 0.912. The minimum atomic E-state index is -0.625. The fourth-order valence-corrected chi connectivity index (χ4v) is 1.94. The Morgan fingerprint density at radius 1 is 1.33 bits per heavy atom. The van der Waals surface area contributed by atoms with Crippen LogP contribution in [0.2, 0.25) is 0 Å². The Labute approximate surface area is 121 Å². The van der Waals surface area contributed by atoms with Gasteiger partial charge >= 0.3 is 0 Å². The van der Waals surface area contributed by atoms with Crippen LogP contribution >= 0.6 is 0 Å². The number of hydrogen-bond donors (Lipinski definition) is 1. The average molecular weight is 289 g/mol. The van der Waals surface area contributed by atoms with Gasteiger partial charge < -0.3 is 23.9 Å². The van der Waals surface area contributed by atoms with Crippen LogP contribution in [-0.4, -0.2) is 18.8 Å². The largest absolute Gasteiger partial charge is 0.481 e. The van der Waals surface area contributed by atoms with Crippen LogP contribution in [0.15, 0.2) is 41.0 Å². The molecule has 1 aliphatic heterocycles. The molecule has 1 amide bonds. The maximum absolute atomic E-state index is 11.9. The monoisotopic (exact) mass is 289 g/mol. The number of fused-ring (bicyclic) bond motifs is 1. The highest BCUT2D eigenvalue weighted by atomic mass is 16.7. The Morgan fingerprint density at radius 2 is 2.19 bits per heavy atom. The van der Waals surface area contributed by atoms with Crippen LogP contribution in [0.3, 0.4) is 0 Å². The van der Waals surface area contributed by atoms with Gasteiger partial charge in [0.25, 0.3) is 5.91 Å². The molecule has 0 fully saturated rings. The molecule has 0 unspecified atom stereocenters. The summed E-state index contributed by atoms with van der Waals surface area (Å²) in [7, 11) is 0. The third-order valence-corrected chi connectivity index (χ3v) is 3.04. The zero-order chi connectivity index (χ0) is 14.7. The summed E-state index contributed by atoms with van der Waals surface area (Å²) in [6.07, 6.45) is 0.939. The maximum Gasteiger partial charge on any atom is 0.261 e. The molecule has 1 N–H and O–H groups in total. The van der Waals surface area contributed by atoms with Gasteiger partial charge in [0.2, 0.25) is 6.79 Å². The van der Waals surface area contributed by atoms with E-state index < -0.39 is 6.10 Å². The Balaban J connectivity index is 1.55. The second-order valence-corrected chi connectivity index (χ2v) is 4.57. The van der Waals surface area contributed by atoms with Crippen LogP contribution in [0.4, 0.5) is 0 Å². The van der Waals surface area contributed by atoms with Gasteiger partial charge in [-0.15, -0.1) is 0 Å². The predicted molar refractivity (Wildman–Crippen MR) is 73.2 cm³/mol. The third kappa shape index (κ3) is 3.10. The van der Waals surface area contributed by atoms with E-state index in [1.54, 1.807) is 43.5 Å². The molecule has 6 heteroatoms. The number of carbonyl (C=O) groups excluding carboxylic acids is 1. The van der Waals surface area contributed by atoms with Crippen molar-refractivity contribution < 1.29 is 23.4 Å². The van der Waals surface area contributed by atoms with Crippen molar-refractivity contribution in [1.29, 1.82) is 0 Å². The molecular formula is C15H15NO5. The van der Waals surface area contributed by atoms with Gasteiger partial charge in [-0.2, -0.15) is 0 Å². The van der Waals surface area contributed by atoms with E-state index in [9.17, 15) is 4.79 Å². The molecular weight excluding hydrogens is 274 g/mol. The van der Waals surface area contributed by atoms with Crippen LogP contribution in [0.5, 0.6) is 17.2 Å². The highest BCUT2D eigenvalue weighted by molar-refractivity contribution is 5.80. The Kier molecular flexibility index (Phi) is 3.68. The number of hydrogen-bond acceptors (Lipinski definition) is 5. The SMILES string of the molecule is C[C@H](Oc1ccc2c(c1)OCO2)C(=O)NCc1ccco1. The van der Waals surface area contributed by atoms with Crippen LogP contribution in [-0.2, 0) is 11.3 Å². The van der Waals surface area contributed by atoms with Gasteiger partial charge in [0.15, 0.2) is 17.6 Å². The summed E-state index contributed by atoms with van der Waals surface area (Å²) in [6.45, 7) is 2.22. The lowest BCUT2D eigenvalue weighted by Gasteiger charge is -2.14. The van der Waals surface area contributed by atoms with Crippen molar-refractivity contribution in [1.82, 2.24) is 5.32 Å². The molecule has 1 aliphatic rings. The summed E-state index contributed by atoms with van der Waals surface area (Å²) < 4.78 is 21.2. The first kappa shape index (κ1) is 13.4. The Bertz CT molecular complexity index is 623. The van der Waals surface area contributed by atoms with Gasteiger partial charge in [0, 0.05) is 6.07 Å². The summed E-state index contributed by atoms with van der Waals surface area (Å²) in [4.78, 5) is 11.9. The topological polar surface area (TPSA) is 69.9 Å². The van der Waals surface area contributed by atoms with Crippen molar-refractivity contribution >= 4 is 5.91 Å². The predicted octanol–water partition coefficient (Wildman–Crippen LogP) is 2.09. The zero-order valence-electron chi connectivity index (χ0n) is 11.5. The number of ether oxygens (including phenoxy) is 3. The van der Waals surface area contributed by atoms with E-state index in [1.165, 1.54) is 0 Å². The number of amides is 1. The maximum atomic E-state index is 11.9. The average Bonchev–Trinajstić information content (AvgIpc) is 3.15. The summed E-state index contributed by atoms with van der Waals surface area (Å²) in [5.41, 5.74) is 0. The molecule has 1 atom stereocenters. The van der Waals surface area contributed by atoms with Crippen molar-refractivity contribution in [2.75, 3.05) is 6.79 Å². The molecule has 0 bridgehead atoms. The molecule has 1 aromatic heterocycles. The highest BCUT2D eigenvalue weighted by Crippen LogP contribution is 2.35. The molecule has 1 aromatic carbocycles. The van der Waals surface area contributed by atoms with Crippen LogP contribution in [0.1, 0.15) is 12.7 Å². The van der Waals surface area contributed by atoms with E-state index in [1.807, 2.05) is 0 Å². The van der Waals surface area contributed by atoms with Crippen molar-refractivity contribution in [2.24, 2.45) is 0 Å². The van der Waals surface area contributed by atoms with Gasteiger partial charge in [0.05, 0.1) is 12.8 Å². The lowest BCUT2D eigenvalue weighted by molar-refractivity contribution is -0.127. The van der Waals surface area contributed by atoms with E-state index in [2.05, 4.69) is 5.32 Å². The van der Waals surface area contributed by atoms with Gasteiger partial charge in [-0.25, -0.2) is 0 Å². The lowest BCUT2D eigenvalue weighted by atomic mass is 10.3. The normalized spacial score (nSPS) is 13.8. The first-order chi connectivity index (χ1) is 10.2. The first-order valence-corrected chi connectivity index (χ1v) is 6.59. The molecule has 2 aromatic rings. The van der Waals surface area contributed by atoms with Crippen LogP contribution < -0.4 is 19.5 Å². The number of rotatable bonds is 5. The summed E-state index contributed by atoms with van der Waals surface area (Å²) in [6, 6.07) is 8.77. The van der Waals surface area contributed by atoms with Gasteiger partial charge in [-0.05, 0) is 31.2 Å². The van der Waals surface area contributed by atoms with Gasteiger partial charge in [-0.1, -0.05) is 0 Å². The number of nitrogens with one attached hydrogen (secondary N) is 1. The second kappa shape index (κ2) is 5.78. The third-order valence-electron chi connectivity index (χ3n) is 3.04. The molecule has 0 spiro atoms. The summed E-state index contributed by atoms with van der Waals surface area (Å²) in [5.74, 6) is 2.33. The van der Waals surface area contributed by atoms with E-state index in [4.69, 9.17) is 18.6 Å². The minimum absolute atomic E-state index is 0.206. The lowest BCUT2D eigenvalue weighted by Crippen LogP contribution is -2.35. The van der Waals surface area contributed by atoms with E-state index in [0.717, 1.165) is 0 Å². The van der Waals surface area contributed by atoms with Gasteiger partial charge in [-0.3, -0.25) is 4.79 Å². The number of furan rings is 1. The Morgan fingerprint density at radius 3 is 3.00 bits per heavy atom. The second-order valence-electron chi connectivity index (χ2n) is 4.57. The molecule has 0 aliphatic carbocycles. The van der Waals surface area contributed by atoms with Crippen molar-refractivity contribution in [3.63, 3.8) is 0 Å². The van der Waals surface area contributed by atoms with Crippen molar-refractivity contribution in [3.8, 4) is 17.2 Å². The number of benzene rings is 1. The molecule has 0 saturated carbocycles. The number of carbonyl (C=O) groups is 1. The summed E-state index contributed by atoms with van der Waals surface area (Å²) in [5, 5.41) is 2.74. The fourth-order valence-electron chi connectivity index (χ4n) is 1.94. The molecule has 2 heterocycles. The highest BCUT2D eigenvalue weighted by Gasteiger charge is 2.18. The van der Waals surface area contributed by atoms with E-state index >= 15 is 0 Å². The first-order valence-electron chi connectivity index (χ1n) is 6.59. The molecule has 3 rings (SSSR count). The van der Waals surface area contributed by atoms with Crippen LogP contribution in [0, 0.1) is 0 Å². The molecule has 0 saturated heterocycles. The Hall–Kier alpha value is -2.63. The van der Waals surface area contributed by atoms with Crippen molar-refractivity contribution in [3.05, 3.63) is 42.4 Å².